The van der Waals surface area contributed by atoms with Crippen molar-refractivity contribution in [1.29, 1.82) is 0 Å². The smallest absolute Gasteiger partial charge is 0.466 e. The molecule has 276 valence electrons. The molecule has 0 amide bonds. The average molecular weight is 727 g/mol. The molecular weight excluding hydrogens is 677 g/mol. The Morgan fingerprint density at radius 3 is 0.981 bits per heavy atom. The first-order valence-corrected chi connectivity index (χ1v) is 19.8. The van der Waals surface area contributed by atoms with Gasteiger partial charge >= 0.3 is 26.7 Å². The Morgan fingerprint density at radius 2 is 0.712 bits per heavy atom. The molecule has 0 N–H and O–H groups in total. The third-order valence-corrected chi connectivity index (χ3v) is 11.1. The van der Waals surface area contributed by atoms with Crippen molar-refractivity contribution in [2.24, 2.45) is 0 Å². The quantitative estimate of drug-likeness (QED) is 0.0451. The molecule has 52 heavy (non-hydrogen) atoms. The molecule has 0 radical (unpaired) electrons. The van der Waals surface area contributed by atoms with Gasteiger partial charge in [-0.3, -0.25) is 14.4 Å². The highest BCUT2D eigenvalue weighted by atomic mass is 28.4. The molecular formula is C42H50O9Si. The fraction of sp³-hybridized carbons (Fsp3) is 0.357. The molecule has 9 nitrogen and oxygen atoms in total. The fourth-order valence-corrected chi connectivity index (χ4v) is 8.88. The van der Waals surface area contributed by atoms with Gasteiger partial charge in [-0.1, -0.05) is 121 Å². The summed E-state index contributed by atoms with van der Waals surface area (Å²) in [5.41, 5.74) is 2.49. The summed E-state index contributed by atoms with van der Waals surface area (Å²) in [4.78, 5) is 38.2. The Kier molecular flexibility index (Phi) is 16.7. The van der Waals surface area contributed by atoms with E-state index in [2.05, 4.69) is 0 Å². The molecule has 0 fully saturated rings. The van der Waals surface area contributed by atoms with E-state index in [-0.39, 0.29) is 76.3 Å². The van der Waals surface area contributed by atoms with Crippen LogP contribution in [0.15, 0.2) is 121 Å². The molecule has 3 atom stereocenters. The molecule has 0 aliphatic rings. The number of hydrogen-bond donors (Lipinski definition) is 0. The molecule has 4 aromatic rings. The van der Waals surface area contributed by atoms with E-state index < -0.39 is 27.1 Å². The number of carbonyl (C=O) groups is 3. The second-order valence-electron chi connectivity index (χ2n) is 12.0. The van der Waals surface area contributed by atoms with Crippen LogP contribution in [-0.4, -0.2) is 46.5 Å². The predicted molar refractivity (Wildman–Crippen MR) is 200 cm³/mol. The van der Waals surface area contributed by atoms with Gasteiger partial charge in [0.25, 0.3) is 0 Å². The average Bonchev–Trinajstić information content (AvgIpc) is 3.18. The van der Waals surface area contributed by atoms with Crippen LogP contribution in [0.1, 0.15) is 94.3 Å². The van der Waals surface area contributed by atoms with Crippen molar-refractivity contribution in [3.63, 3.8) is 0 Å². The van der Waals surface area contributed by atoms with Crippen molar-refractivity contribution in [3.05, 3.63) is 138 Å². The van der Waals surface area contributed by atoms with Crippen molar-refractivity contribution in [2.45, 2.75) is 77.6 Å². The summed E-state index contributed by atoms with van der Waals surface area (Å²) in [6, 6.07) is 38.5. The summed E-state index contributed by atoms with van der Waals surface area (Å²) in [6.07, 6.45) is -0.798. The highest BCUT2D eigenvalue weighted by Gasteiger charge is 2.50. The van der Waals surface area contributed by atoms with Crippen molar-refractivity contribution in [2.75, 3.05) is 19.8 Å². The molecule has 4 aromatic carbocycles. The van der Waals surface area contributed by atoms with E-state index in [1.165, 1.54) is 0 Å². The van der Waals surface area contributed by atoms with Crippen molar-refractivity contribution < 1.29 is 41.9 Å². The van der Waals surface area contributed by atoms with Gasteiger partial charge in [0.2, 0.25) is 0 Å². The summed E-state index contributed by atoms with van der Waals surface area (Å²) < 4.78 is 37.8. The maximum absolute atomic E-state index is 12.7. The number of hydrogen-bond acceptors (Lipinski definition) is 9. The van der Waals surface area contributed by atoms with Crippen molar-refractivity contribution >= 4 is 31.9 Å². The van der Waals surface area contributed by atoms with Gasteiger partial charge in [0.1, 0.15) is 0 Å². The van der Waals surface area contributed by atoms with Gasteiger partial charge in [0.05, 0.1) is 38.1 Å². The van der Waals surface area contributed by atoms with Crippen LogP contribution in [0.5, 0.6) is 0 Å². The highest BCUT2D eigenvalue weighted by molar-refractivity contribution is 6.75. The van der Waals surface area contributed by atoms with Crippen LogP contribution < -0.4 is 5.19 Å². The van der Waals surface area contributed by atoms with E-state index >= 15 is 0 Å². The molecule has 0 saturated heterocycles. The minimum atomic E-state index is -4.14. The Hall–Kier alpha value is -4.61. The minimum Gasteiger partial charge on any atom is -0.466 e. The number of carbonyl (C=O) groups excluding carboxylic acids is 3. The zero-order valence-electron chi connectivity index (χ0n) is 30.3. The van der Waals surface area contributed by atoms with E-state index in [9.17, 15) is 14.4 Å². The number of rotatable bonds is 22. The van der Waals surface area contributed by atoms with Gasteiger partial charge in [-0.25, -0.2) is 0 Å². The van der Waals surface area contributed by atoms with Gasteiger partial charge in [-0.2, -0.15) is 0 Å². The Labute approximate surface area is 308 Å². The lowest BCUT2D eigenvalue weighted by Crippen LogP contribution is -2.58. The molecule has 0 bridgehead atoms. The van der Waals surface area contributed by atoms with Crippen LogP contribution in [0.25, 0.3) is 0 Å². The third kappa shape index (κ3) is 12.6. The molecule has 0 saturated carbocycles. The van der Waals surface area contributed by atoms with E-state index in [4.69, 9.17) is 27.5 Å². The van der Waals surface area contributed by atoms with Gasteiger partial charge in [0.15, 0.2) is 0 Å². The van der Waals surface area contributed by atoms with Crippen LogP contribution in [0.2, 0.25) is 0 Å². The van der Waals surface area contributed by atoms with E-state index in [1.807, 2.05) is 121 Å². The second kappa shape index (κ2) is 21.7. The summed E-state index contributed by atoms with van der Waals surface area (Å²) in [5.74, 6) is -1.02. The molecule has 3 unspecified atom stereocenters. The van der Waals surface area contributed by atoms with Gasteiger partial charge in [-0.15, -0.1) is 0 Å². The first-order chi connectivity index (χ1) is 25.4. The standard InChI is InChI=1S/C42H50O9Si/c1-4-46-40(43)30-27-37(33-19-11-7-12-20-33)49-52(36-25-17-10-18-26-36,50-38(28-31-41(44)47-5-2)34-21-13-8-14-22-34)51-39(29-32-42(45)48-6-3)35-23-15-9-16-24-35/h7-26,37-39H,4-6,27-32H2,1-3H3. The number of ether oxygens (including phenoxy) is 3. The maximum atomic E-state index is 12.7. The molecule has 0 aliphatic heterocycles. The summed E-state index contributed by atoms with van der Waals surface area (Å²) in [5, 5.41) is 0.682. The lowest BCUT2D eigenvalue weighted by atomic mass is 10.1. The number of benzene rings is 4. The molecule has 0 aromatic heterocycles. The van der Waals surface area contributed by atoms with Crippen LogP contribution in [0.3, 0.4) is 0 Å². The van der Waals surface area contributed by atoms with Crippen LogP contribution in [0, 0.1) is 0 Å². The van der Waals surface area contributed by atoms with Gasteiger partial charge in [0, 0.05) is 24.4 Å². The first-order valence-electron chi connectivity index (χ1n) is 18.1. The summed E-state index contributed by atoms with van der Waals surface area (Å²) in [6.45, 7) is 6.13. The minimum absolute atomic E-state index is 0.0998. The van der Waals surface area contributed by atoms with Crippen LogP contribution in [0.4, 0.5) is 0 Å². The molecule has 0 aliphatic carbocycles. The third-order valence-electron chi connectivity index (χ3n) is 8.28. The Balaban J connectivity index is 1.90. The van der Waals surface area contributed by atoms with Crippen molar-refractivity contribution in [3.8, 4) is 0 Å². The number of esters is 3. The van der Waals surface area contributed by atoms with Crippen LogP contribution >= 0.6 is 0 Å². The zero-order valence-corrected chi connectivity index (χ0v) is 31.3. The Bertz CT molecular complexity index is 1460. The first kappa shape index (κ1) is 40.2. The Morgan fingerprint density at radius 1 is 0.442 bits per heavy atom. The molecule has 10 heteroatoms. The lowest BCUT2D eigenvalue weighted by Gasteiger charge is -2.39. The van der Waals surface area contributed by atoms with E-state index in [0.717, 1.165) is 16.7 Å². The predicted octanol–water partition coefficient (Wildman–Crippen LogP) is 8.14. The van der Waals surface area contributed by atoms with Gasteiger partial charge < -0.3 is 27.5 Å². The monoisotopic (exact) mass is 726 g/mol. The maximum Gasteiger partial charge on any atom is 0.538 e. The highest BCUT2D eigenvalue weighted by Crippen LogP contribution is 2.37. The van der Waals surface area contributed by atoms with E-state index in [0.29, 0.717) is 5.19 Å². The zero-order chi connectivity index (χ0) is 37.0. The normalized spacial score (nSPS) is 14.0. The topological polar surface area (TPSA) is 107 Å². The SMILES string of the molecule is CCOC(=O)CCC(O[Si](OC(CCC(=O)OCC)c1ccccc1)(OC(CCC(=O)OCC)c1ccccc1)c1ccccc1)c1ccccc1. The summed E-state index contributed by atoms with van der Waals surface area (Å²) in [7, 11) is -4.14. The van der Waals surface area contributed by atoms with Crippen molar-refractivity contribution in [1.82, 2.24) is 0 Å². The molecule has 0 spiro atoms. The summed E-state index contributed by atoms with van der Waals surface area (Å²) >= 11 is 0. The van der Waals surface area contributed by atoms with E-state index in [1.54, 1.807) is 20.8 Å². The molecule has 4 rings (SSSR count). The van der Waals surface area contributed by atoms with Crippen LogP contribution in [-0.2, 0) is 41.9 Å². The molecule has 0 heterocycles. The fourth-order valence-electron chi connectivity index (χ4n) is 5.82. The second-order valence-corrected chi connectivity index (χ2v) is 14.4. The lowest BCUT2D eigenvalue weighted by molar-refractivity contribution is -0.144. The van der Waals surface area contributed by atoms with Gasteiger partial charge in [-0.05, 0) is 56.7 Å². The largest absolute Gasteiger partial charge is 0.538 e.